The van der Waals surface area contributed by atoms with Crippen molar-refractivity contribution in [2.24, 2.45) is 0 Å². The molecule has 0 aliphatic rings. The minimum absolute atomic E-state index is 0.334. The fourth-order valence-corrected chi connectivity index (χ4v) is 2.57. The maximum atomic E-state index is 13.5. The van der Waals surface area contributed by atoms with Gasteiger partial charge in [-0.2, -0.15) is 11.3 Å². The van der Waals surface area contributed by atoms with E-state index in [9.17, 15) is 9.50 Å². The van der Waals surface area contributed by atoms with Gasteiger partial charge in [0.05, 0.1) is 6.10 Å². The van der Waals surface area contributed by atoms with Gasteiger partial charge in [0.25, 0.3) is 0 Å². The number of hydrogen-bond donors (Lipinski definition) is 1. The Bertz CT molecular complexity index is 470. The molecule has 0 spiro atoms. The molecule has 2 aromatic rings. The Morgan fingerprint density at radius 2 is 2.19 bits per heavy atom. The van der Waals surface area contributed by atoms with E-state index >= 15 is 0 Å². The summed E-state index contributed by atoms with van der Waals surface area (Å²) >= 11 is 4.84. The van der Waals surface area contributed by atoms with Crippen LogP contribution in [0.1, 0.15) is 17.2 Å². The van der Waals surface area contributed by atoms with Crippen LogP contribution in [0.3, 0.4) is 0 Å². The smallest absolute Gasteiger partial charge is 0.129 e. The van der Waals surface area contributed by atoms with Crippen molar-refractivity contribution in [1.82, 2.24) is 0 Å². The molecule has 0 radical (unpaired) electrons. The molecule has 0 saturated heterocycles. The number of benzene rings is 1. The Hall–Kier alpha value is -0.710. The number of aliphatic hydroxyl groups excluding tert-OH is 1. The van der Waals surface area contributed by atoms with Gasteiger partial charge in [-0.15, -0.1) is 0 Å². The summed E-state index contributed by atoms with van der Waals surface area (Å²) in [4.78, 5) is 0. The van der Waals surface area contributed by atoms with Crippen molar-refractivity contribution in [2.75, 3.05) is 0 Å². The van der Waals surface area contributed by atoms with Gasteiger partial charge >= 0.3 is 0 Å². The molecule has 0 fully saturated rings. The third kappa shape index (κ3) is 2.70. The molecule has 2 rings (SSSR count). The average molecular weight is 301 g/mol. The zero-order chi connectivity index (χ0) is 11.5. The number of thiophene rings is 1. The first-order valence-electron chi connectivity index (χ1n) is 4.81. The highest BCUT2D eigenvalue weighted by Crippen LogP contribution is 2.25. The molecule has 4 heteroatoms. The molecule has 1 unspecified atom stereocenters. The van der Waals surface area contributed by atoms with Crippen molar-refractivity contribution in [3.05, 3.63) is 56.4 Å². The van der Waals surface area contributed by atoms with Crippen molar-refractivity contribution in [3.8, 4) is 0 Å². The lowest BCUT2D eigenvalue weighted by Crippen LogP contribution is -2.03. The lowest BCUT2D eigenvalue weighted by atomic mass is 10.0. The van der Waals surface area contributed by atoms with Crippen LogP contribution in [-0.2, 0) is 6.42 Å². The lowest BCUT2D eigenvalue weighted by Gasteiger charge is -2.11. The highest BCUT2D eigenvalue weighted by molar-refractivity contribution is 9.10. The summed E-state index contributed by atoms with van der Waals surface area (Å²) in [6.07, 6.45) is -0.358. The second-order valence-electron chi connectivity index (χ2n) is 3.52. The van der Waals surface area contributed by atoms with Crippen molar-refractivity contribution < 1.29 is 9.50 Å². The summed E-state index contributed by atoms with van der Waals surface area (Å²) in [5.41, 5.74) is 1.36. The van der Waals surface area contributed by atoms with Gasteiger partial charge in [-0.3, -0.25) is 0 Å². The summed E-state index contributed by atoms with van der Waals surface area (Å²) in [6.45, 7) is 0. The van der Waals surface area contributed by atoms with Gasteiger partial charge in [-0.25, -0.2) is 4.39 Å². The maximum absolute atomic E-state index is 13.5. The Kier molecular flexibility index (Phi) is 3.74. The van der Waals surface area contributed by atoms with Crippen LogP contribution in [0.4, 0.5) is 4.39 Å². The third-order valence-corrected chi connectivity index (χ3v) is 3.55. The topological polar surface area (TPSA) is 20.2 Å². The van der Waals surface area contributed by atoms with E-state index in [4.69, 9.17) is 0 Å². The van der Waals surface area contributed by atoms with Gasteiger partial charge < -0.3 is 5.11 Å². The normalized spacial score (nSPS) is 12.7. The van der Waals surface area contributed by atoms with E-state index < -0.39 is 6.10 Å². The zero-order valence-electron chi connectivity index (χ0n) is 8.36. The van der Waals surface area contributed by atoms with Crippen molar-refractivity contribution in [2.45, 2.75) is 12.5 Å². The van der Waals surface area contributed by atoms with Crippen LogP contribution in [0.5, 0.6) is 0 Å². The zero-order valence-corrected chi connectivity index (χ0v) is 10.8. The molecular formula is C12H10BrFOS. The Morgan fingerprint density at radius 1 is 1.38 bits per heavy atom. The molecule has 84 valence electrons. The molecule has 0 aliphatic heterocycles. The highest BCUT2D eigenvalue weighted by Gasteiger charge is 2.13. The maximum Gasteiger partial charge on any atom is 0.129 e. The lowest BCUT2D eigenvalue weighted by molar-refractivity contribution is 0.173. The summed E-state index contributed by atoms with van der Waals surface area (Å²) < 4.78 is 14.2. The number of hydrogen-bond acceptors (Lipinski definition) is 2. The van der Waals surface area contributed by atoms with Crippen molar-refractivity contribution in [1.29, 1.82) is 0 Å². The van der Waals surface area contributed by atoms with E-state index in [1.807, 2.05) is 16.8 Å². The minimum Gasteiger partial charge on any atom is -0.388 e. The highest BCUT2D eigenvalue weighted by atomic mass is 79.9. The summed E-state index contributed by atoms with van der Waals surface area (Å²) in [6, 6.07) is 6.53. The predicted molar refractivity (Wildman–Crippen MR) is 67.1 cm³/mol. The van der Waals surface area contributed by atoms with Crippen LogP contribution < -0.4 is 0 Å². The van der Waals surface area contributed by atoms with Gasteiger partial charge in [-0.05, 0) is 40.6 Å². The molecular weight excluding hydrogens is 291 g/mol. The summed E-state index contributed by atoms with van der Waals surface area (Å²) in [7, 11) is 0. The molecule has 1 nitrogen and oxygen atoms in total. The van der Waals surface area contributed by atoms with Gasteiger partial charge in [-0.1, -0.05) is 15.9 Å². The van der Waals surface area contributed by atoms with Gasteiger partial charge in [0.15, 0.2) is 0 Å². The Balaban J connectivity index is 2.20. The second kappa shape index (κ2) is 5.08. The molecule has 1 heterocycles. The molecule has 0 aliphatic carbocycles. The Morgan fingerprint density at radius 3 is 2.88 bits per heavy atom. The summed E-state index contributed by atoms with van der Waals surface area (Å²) in [5, 5.41) is 13.8. The molecule has 0 saturated carbocycles. The van der Waals surface area contributed by atoms with E-state index in [1.54, 1.807) is 23.5 Å². The van der Waals surface area contributed by atoms with E-state index in [0.29, 0.717) is 12.0 Å². The quantitative estimate of drug-likeness (QED) is 0.911. The predicted octanol–water partition coefficient (Wildman–Crippen LogP) is 3.93. The first kappa shape index (κ1) is 11.8. The first-order chi connectivity index (χ1) is 7.66. The monoisotopic (exact) mass is 300 g/mol. The van der Waals surface area contributed by atoms with Crippen molar-refractivity contribution >= 4 is 27.3 Å². The van der Waals surface area contributed by atoms with E-state index in [0.717, 1.165) is 10.0 Å². The van der Waals surface area contributed by atoms with Gasteiger partial charge in [0, 0.05) is 16.5 Å². The first-order valence-corrected chi connectivity index (χ1v) is 6.54. The fraction of sp³-hybridized carbons (Fsp3) is 0.167. The average Bonchev–Trinajstić information content (AvgIpc) is 2.74. The standard InChI is InChI=1S/C12H10BrFOS/c13-9-1-2-11(14)10(6-9)12(15)5-8-3-4-16-7-8/h1-4,6-7,12,15H,5H2. The van der Waals surface area contributed by atoms with Gasteiger partial charge in [0.2, 0.25) is 0 Å². The molecule has 1 atom stereocenters. The third-order valence-electron chi connectivity index (χ3n) is 2.33. The number of aliphatic hydroxyl groups is 1. The Labute approximate surface area is 106 Å². The van der Waals surface area contributed by atoms with Crippen LogP contribution >= 0.6 is 27.3 Å². The number of halogens is 2. The van der Waals surface area contributed by atoms with Crippen LogP contribution in [-0.4, -0.2) is 5.11 Å². The van der Waals surface area contributed by atoms with Crippen LogP contribution in [0.15, 0.2) is 39.5 Å². The molecule has 0 amide bonds. The molecule has 1 aromatic heterocycles. The van der Waals surface area contributed by atoms with Crippen LogP contribution in [0, 0.1) is 5.82 Å². The second-order valence-corrected chi connectivity index (χ2v) is 5.21. The largest absolute Gasteiger partial charge is 0.388 e. The van der Waals surface area contributed by atoms with E-state index in [1.165, 1.54) is 6.07 Å². The summed E-state index contributed by atoms with van der Waals surface area (Å²) in [5.74, 6) is -0.370. The van der Waals surface area contributed by atoms with Crippen molar-refractivity contribution in [3.63, 3.8) is 0 Å². The van der Waals surface area contributed by atoms with Crippen LogP contribution in [0.2, 0.25) is 0 Å². The fourth-order valence-electron chi connectivity index (χ4n) is 1.51. The molecule has 1 N–H and O–H groups in total. The van der Waals surface area contributed by atoms with Gasteiger partial charge in [0.1, 0.15) is 5.82 Å². The SMILES string of the molecule is OC(Cc1ccsc1)c1cc(Br)ccc1F. The molecule has 0 bridgehead atoms. The molecule has 1 aromatic carbocycles. The van der Waals surface area contributed by atoms with E-state index in [2.05, 4.69) is 15.9 Å². The van der Waals surface area contributed by atoms with Crippen LogP contribution in [0.25, 0.3) is 0 Å². The molecule has 16 heavy (non-hydrogen) atoms. The number of rotatable bonds is 3. The van der Waals surface area contributed by atoms with E-state index in [-0.39, 0.29) is 5.82 Å². The minimum atomic E-state index is -0.799.